The van der Waals surface area contributed by atoms with Crippen molar-refractivity contribution < 1.29 is 19.1 Å². The van der Waals surface area contributed by atoms with Crippen LogP contribution in [0.3, 0.4) is 0 Å². The van der Waals surface area contributed by atoms with Gasteiger partial charge in [-0.15, -0.1) is 0 Å². The number of carboxylic acids is 1. The number of likely N-dealkylation sites (tertiary alicyclic amines) is 1. The number of piperidine rings is 1. The first-order valence-corrected chi connectivity index (χ1v) is 7.63. The zero-order valence-corrected chi connectivity index (χ0v) is 12.6. The molecule has 0 bridgehead atoms. The van der Waals surface area contributed by atoms with Gasteiger partial charge < -0.3 is 14.4 Å². The van der Waals surface area contributed by atoms with Crippen LogP contribution in [0.5, 0.6) is 0 Å². The van der Waals surface area contributed by atoms with Gasteiger partial charge in [-0.3, -0.25) is 9.59 Å². The van der Waals surface area contributed by atoms with E-state index >= 15 is 0 Å². The number of rotatable bonds is 4. The molecule has 1 N–H and O–H groups in total. The van der Waals surface area contributed by atoms with E-state index < -0.39 is 5.97 Å². The molecule has 6 heteroatoms. The lowest BCUT2D eigenvalue weighted by Crippen LogP contribution is -2.38. The summed E-state index contributed by atoms with van der Waals surface area (Å²) >= 11 is 0. The first-order valence-electron chi connectivity index (χ1n) is 7.63. The van der Waals surface area contributed by atoms with Crippen molar-refractivity contribution in [1.82, 2.24) is 9.88 Å². The van der Waals surface area contributed by atoms with E-state index in [4.69, 9.17) is 9.52 Å². The average molecular weight is 314 g/mol. The van der Waals surface area contributed by atoms with Crippen LogP contribution in [-0.2, 0) is 4.79 Å². The Balaban J connectivity index is 1.61. The lowest BCUT2D eigenvalue weighted by atomic mass is 9.93. The van der Waals surface area contributed by atoms with Gasteiger partial charge in [0.25, 0.3) is 5.91 Å². The molecule has 0 spiro atoms. The number of benzene rings is 1. The van der Waals surface area contributed by atoms with Crippen molar-refractivity contribution in [3.63, 3.8) is 0 Å². The van der Waals surface area contributed by atoms with E-state index in [0.29, 0.717) is 24.4 Å². The van der Waals surface area contributed by atoms with Gasteiger partial charge >= 0.3 is 5.97 Å². The summed E-state index contributed by atoms with van der Waals surface area (Å²) < 4.78 is 5.23. The summed E-state index contributed by atoms with van der Waals surface area (Å²) in [6.07, 6.45) is 4.68. The Bertz CT molecular complexity index is 671. The number of carbonyl (C=O) groups excluding carboxylic acids is 1. The van der Waals surface area contributed by atoms with Crippen LogP contribution in [0, 0.1) is 5.92 Å². The Morgan fingerprint density at radius 1 is 1.22 bits per heavy atom. The van der Waals surface area contributed by atoms with Gasteiger partial charge in [0.2, 0.25) is 0 Å². The Morgan fingerprint density at radius 3 is 2.48 bits per heavy atom. The van der Waals surface area contributed by atoms with Gasteiger partial charge in [-0.1, -0.05) is 12.1 Å². The molecule has 2 heterocycles. The number of aliphatic carboxylic acids is 1. The Kier molecular flexibility index (Phi) is 4.41. The van der Waals surface area contributed by atoms with E-state index in [2.05, 4.69) is 4.98 Å². The van der Waals surface area contributed by atoms with Crippen LogP contribution < -0.4 is 0 Å². The summed E-state index contributed by atoms with van der Waals surface area (Å²) in [5.74, 6) is 0.0598. The molecule has 120 valence electrons. The van der Waals surface area contributed by atoms with Gasteiger partial charge in [-0.2, -0.15) is 0 Å². The summed E-state index contributed by atoms with van der Waals surface area (Å²) in [7, 11) is 0. The number of amides is 1. The Labute approximate surface area is 133 Å². The quantitative estimate of drug-likeness (QED) is 0.938. The third-order valence-corrected chi connectivity index (χ3v) is 4.21. The Hall–Kier alpha value is -2.63. The molecule has 1 aromatic heterocycles. The molecule has 3 rings (SSSR count). The fraction of sp³-hybridized carbons (Fsp3) is 0.353. The Morgan fingerprint density at radius 2 is 1.91 bits per heavy atom. The van der Waals surface area contributed by atoms with Gasteiger partial charge in [0.05, 0.1) is 6.20 Å². The third kappa shape index (κ3) is 3.59. The van der Waals surface area contributed by atoms with E-state index in [1.165, 1.54) is 6.39 Å². The fourth-order valence-electron chi connectivity index (χ4n) is 2.91. The zero-order chi connectivity index (χ0) is 16.2. The largest absolute Gasteiger partial charge is 0.481 e. The molecule has 2 aromatic rings. The highest BCUT2D eigenvalue weighted by Gasteiger charge is 2.24. The van der Waals surface area contributed by atoms with Crippen molar-refractivity contribution in [3.8, 4) is 11.3 Å². The second-order valence-corrected chi connectivity index (χ2v) is 5.78. The lowest BCUT2D eigenvalue weighted by Gasteiger charge is -2.31. The van der Waals surface area contributed by atoms with Crippen LogP contribution in [0.25, 0.3) is 11.3 Å². The van der Waals surface area contributed by atoms with Gasteiger partial charge in [0.15, 0.2) is 12.2 Å². The van der Waals surface area contributed by atoms with E-state index in [1.54, 1.807) is 23.2 Å². The maximum absolute atomic E-state index is 12.5. The first kappa shape index (κ1) is 15.3. The second-order valence-electron chi connectivity index (χ2n) is 5.78. The topological polar surface area (TPSA) is 83.6 Å². The summed E-state index contributed by atoms with van der Waals surface area (Å²) in [6.45, 7) is 1.22. The number of oxazole rings is 1. The normalized spacial score (nSPS) is 15.6. The molecule has 0 aliphatic carbocycles. The molecule has 0 unspecified atom stereocenters. The number of nitrogens with zero attached hydrogens (tertiary/aromatic N) is 2. The van der Waals surface area contributed by atoms with Crippen molar-refractivity contribution in [2.45, 2.75) is 19.3 Å². The van der Waals surface area contributed by atoms with E-state index in [1.807, 2.05) is 12.1 Å². The van der Waals surface area contributed by atoms with Gasteiger partial charge in [0.1, 0.15) is 0 Å². The number of carbonyl (C=O) groups is 2. The molecule has 1 aliphatic heterocycles. The monoisotopic (exact) mass is 314 g/mol. The van der Waals surface area contributed by atoms with Crippen LogP contribution in [-0.4, -0.2) is 40.0 Å². The maximum atomic E-state index is 12.5. The fourth-order valence-corrected chi connectivity index (χ4v) is 2.91. The highest BCUT2D eigenvalue weighted by atomic mass is 16.4. The lowest BCUT2D eigenvalue weighted by molar-refractivity contribution is -0.138. The highest BCUT2D eigenvalue weighted by Crippen LogP contribution is 2.23. The van der Waals surface area contributed by atoms with Crippen LogP contribution in [0.15, 0.2) is 41.3 Å². The van der Waals surface area contributed by atoms with Crippen molar-refractivity contribution >= 4 is 11.9 Å². The average Bonchev–Trinajstić information content (AvgIpc) is 3.09. The van der Waals surface area contributed by atoms with Crippen LogP contribution in [0.2, 0.25) is 0 Å². The van der Waals surface area contributed by atoms with Crippen molar-refractivity contribution in [1.29, 1.82) is 0 Å². The molecule has 1 amide bonds. The molecule has 1 fully saturated rings. The van der Waals surface area contributed by atoms with Crippen LogP contribution in [0.1, 0.15) is 29.6 Å². The molecular formula is C17H18N2O4. The minimum Gasteiger partial charge on any atom is -0.481 e. The number of carboxylic acid groups (broad SMARTS) is 1. The minimum atomic E-state index is -0.766. The van der Waals surface area contributed by atoms with E-state index in [-0.39, 0.29) is 18.2 Å². The molecule has 0 atom stereocenters. The van der Waals surface area contributed by atoms with Gasteiger partial charge in [0, 0.05) is 30.6 Å². The predicted molar refractivity (Wildman–Crippen MR) is 82.8 cm³/mol. The van der Waals surface area contributed by atoms with Crippen LogP contribution in [0.4, 0.5) is 0 Å². The highest BCUT2D eigenvalue weighted by molar-refractivity contribution is 5.94. The third-order valence-electron chi connectivity index (χ3n) is 4.21. The summed E-state index contributed by atoms with van der Waals surface area (Å²) in [5, 5.41) is 8.83. The van der Waals surface area contributed by atoms with E-state index in [0.717, 1.165) is 18.4 Å². The zero-order valence-electron chi connectivity index (χ0n) is 12.6. The summed E-state index contributed by atoms with van der Waals surface area (Å²) in [5.41, 5.74) is 1.50. The van der Waals surface area contributed by atoms with Gasteiger partial charge in [-0.05, 0) is 30.9 Å². The minimum absolute atomic E-state index is 0.0112. The first-order chi connectivity index (χ1) is 11.1. The molecular weight excluding hydrogens is 296 g/mol. The van der Waals surface area contributed by atoms with Gasteiger partial charge in [-0.25, -0.2) is 4.98 Å². The summed E-state index contributed by atoms with van der Waals surface area (Å²) in [4.78, 5) is 28.9. The molecule has 1 aromatic carbocycles. The van der Waals surface area contributed by atoms with Crippen molar-refractivity contribution in [3.05, 3.63) is 42.4 Å². The molecule has 23 heavy (non-hydrogen) atoms. The second kappa shape index (κ2) is 6.64. The number of hydrogen-bond acceptors (Lipinski definition) is 4. The molecule has 6 nitrogen and oxygen atoms in total. The molecule has 1 aliphatic rings. The number of hydrogen-bond donors (Lipinski definition) is 1. The standard InChI is InChI=1S/C17H18N2O4/c20-16(21)9-12-5-7-19(8-6-12)17(22)14-3-1-13(2-4-14)15-10-18-11-23-15/h1-4,10-12H,5-9H2,(H,20,21). The van der Waals surface area contributed by atoms with Crippen molar-refractivity contribution in [2.24, 2.45) is 5.92 Å². The SMILES string of the molecule is O=C(O)CC1CCN(C(=O)c2ccc(-c3cnco3)cc2)CC1. The van der Waals surface area contributed by atoms with E-state index in [9.17, 15) is 9.59 Å². The van der Waals surface area contributed by atoms with Crippen molar-refractivity contribution in [2.75, 3.05) is 13.1 Å². The predicted octanol–water partition coefficient (Wildman–Crippen LogP) is 2.67. The smallest absolute Gasteiger partial charge is 0.303 e. The number of aromatic nitrogens is 1. The molecule has 1 saturated heterocycles. The summed E-state index contributed by atoms with van der Waals surface area (Å²) in [6, 6.07) is 7.24. The molecule has 0 radical (unpaired) electrons. The maximum Gasteiger partial charge on any atom is 0.303 e. The molecule has 0 saturated carbocycles. The van der Waals surface area contributed by atoms with Crippen LogP contribution >= 0.6 is 0 Å².